The van der Waals surface area contributed by atoms with Crippen LogP contribution in [0, 0.1) is 0 Å². The third-order valence-corrected chi connectivity index (χ3v) is 3.29. The van der Waals surface area contributed by atoms with Crippen molar-refractivity contribution in [3.63, 3.8) is 0 Å². The zero-order valence-electron chi connectivity index (χ0n) is 12.0. The molecule has 4 nitrogen and oxygen atoms in total. The van der Waals surface area contributed by atoms with Crippen LogP contribution in [0.1, 0.15) is 24.7 Å². The summed E-state index contributed by atoms with van der Waals surface area (Å²) in [7, 11) is 0. The van der Waals surface area contributed by atoms with E-state index in [2.05, 4.69) is 16.9 Å². The summed E-state index contributed by atoms with van der Waals surface area (Å²) in [6, 6.07) is 13.1. The Morgan fingerprint density at radius 1 is 1.14 bits per heavy atom. The lowest BCUT2D eigenvalue weighted by atomic mass is 10.1. The largest absolute Gasteiger partial charge is 0.508 e. The summed E-state index contributed by atoms with van der Waals surface area (Å²) in [6.07, 6.45) is 1.67. The number of hydrogen-bond donors (Lipinski definition) is 2. The lowest BCUT2D eigenvalue weighted by molar-refractivity contribution is 0.320. The molecule has 0 unspecified atom stereocenters. The highest BCUT2D eigenvalue weighted by molar-refractivity contribution is 5.81. The number of aromatic amines is 1. The molecule has 21 heavy (non-hydrogen) atoms. The Hall–Kier alpha value is -2.49. The Balaban J connectivity index is 1.88. The van der Waals surface area contributed by atoms with Crippen LogP contribution in [0.15, 0.2) is 42.5 Å². The van der Waals surface area contributed by atoms with E-state index in [1.54, 1.807) is 12.1 Å². The Kier molecular flexibility index (Phi) is 3.77. The molecule has 0 amide bonds. The number of imidazole rings is 1. The van der Waals surface area contributed by atoms with Crippen LogP contribution in [0.2, 0.25) is 0 Å². The van der Waals surface area contributed by atoms with Gasteiger partial charge in [-0.1, -0.05) is 25.1 Å². The van der Waals surface area contributed by atoms with Gasteiger partial charge in [0.25, 0.3) is 0 Å². The summed E-state index contributed by atoms with van der Waals surface area (Å²) in [6.45, 7) is 2.78. The average Bonchev–Trinajstić information content (AvgIpc) is 2.90. The van der Waals surface area contributed by atoms with Gasteiger partial charge in [0.2, 0.25) is 0 Å². The van der Waals surface area contributed by atoms with E-state index < -0.39 is 0 Å². The van der Waals surface area contributed by atoms with Gasteiger partial charge in [-0.25, -0.2) is 4.98 Å². The van der Waals surface area contributed by atoms with Crippen molar-refractivity contribution in [2.24, 2.45) is 0 Å². The molecular weight excluding hydrogens is 264 g/mol. The first kappa shape index (κ1) is 13.5. The molecule has 0 aliphatic rings. The number of hydrogen-bond acceptors (Lipinski definition) is 3. The monoisotopic (exact) mass is 282 g/mol. The lowest BCUT2D eigenvalue weighted by Gasteiger charge is -2.03. The molecule has 2 aromatic carbocycles. The number of para-hydroxylation sites is 1. The topological polar surface area (TPSA) is 58.1 Å². The maximum absolute atomic E-state index is 9.32. The molecule has 0 atom stereocenters. The molecule has 3 rings (SSSR count). The minimum Gasteiger partial charge on any atom is -0.508 e. The van der Waals surface area contributed by atoms with Crippen molar-refractivity contribution >= 4 is 11.0 Å². The lowest BCUT2D eigenvalue weighted by Crippen LogP contribution is -1.95. The normalized spacial score (nSPS) is 10.9. The number of phenolic OH excluding ortho intramolecular Hbond substituents is 1. The fourth-order valence-corrected chi connectivity index (χ4v) is 2.28. The molecule has 0 spiro atoms. The zero-order valence-corrected chi connectivity index (χ0v) is 12.0. The average molecular weight is 282 g/mol. The first-order chi connectivity index (χ1) is 10.3. The summed E-state index contributed by atoms with van der Waals surface area (Å²) in [5, 5.41) is 9.32. The predicted molar refractivity (Wildman–Crippen MR) is 82.8 cm³/mol. The number of ether oxygens (including phenoxy) is 1. The van der Waals surface area contributed by atoms with Gasteiger partial charge in [0.1, 0.15) is 22.8 Å². The van der Waals surface area contributed by atoms with Crippen LogP contribution in [-0.4, -0.2) is 21.7 Å². The van der Waals surface area contributed by atoms with Crippen LogP contribution in [-0.2, 0) is 6.42 Å². The first-order valence-electron chi connectivity index (χ1n) is 7.14. The van der Waals surface area contributed by atoms with Crippen molar-refractivity contribution in [1.82, 2.24) is 9.97 Å². The van der Waals surface area contributed by atoms with E-state index in [4.69, 9.17) is 4.74 Å². The van der Waals surface area contributed by atoms with Crippen LogP contribution in [0.5, 0.6) is 11.5 Å². The van der Waals surface area contributed by atoms with Crippen molar-refractivity contribution in [2.45, 2.75) is 19.8 Å². The minimum absolute atomic E-state index is 0.276. The van der Waals surface area contributed by atoms with Gasteiger partial charge in [-0.15, -0.1) is 0 Å². The van der Waals surface area contributed by atoms with Crippen molar-refractivity contribution in [1.29, 1.82) is 0 Å². The number of phenols is 1. The maximum atomic E-state index is 9.32. The molecule has 4 heteroatoms. The Labute approximate surface area is 123 Å². The summed E-state index contributed by atoms with van der Waals surface area (Å²) in [5.41, 5.74) is 2.96. The molecule has 1 heterocycles. The van der Waals surface area contributed by atoms with Crippen molar-refractivity contribution < 1.29 is 9.84 Å². The van der Waals surface area contributed by atoms with Crippen LogP contribution in [0.4, 0.5) is 0 Å². The SMILES string of the molecule is CCCOc1cccc2[nH]c(Cc3ccc(O)cc3)nc12. The van der Waals surface area contributed by atoms with Crippen LogP contribution in [0.3, 0.4) is 0 Å². The highest BCUT2D eigenvalue weighted by Crippen LogP contribution is 2.24. The highest BCUT2D eigenvalue weighted by atomic mass is 16.5. The third kappa shape index (κ3) is 2.99. The Morgan fingerprint density at radius 2 is 1.95 bits per heavy atom. The number of fused-ring (bicyclic) bond motifs is 1. The molecule has 3 aromatic rings. The quantitative estimate of drug-likeness (QED) is 0.751. The third-order valence-electron chi connectivity index (χ3n) is 3.29. The second-order valence-electron chi connectivity index (χ2n) is 5.03. The van der Waals surface area contributed by atoms with Crippen molar-refractivity contribution in [3.8, 4) is 11.5 Å². The molecule has 1 aromatic heterocycles. The number of benzene rings is 2. The van der Waals surface area contributed by atoms with E-state index in [1.165, 1.54) is 0 Å². The fraction of sp³-hybridized carbons (Fsp3) is 0.235. The van der Waals surface area contributed by atoms with Gasteiger partial charge in [-0.2, -0.15) is 0 Å². The Morgan fingerprint density at radius 3 is 2.71 bits per heavy atom. The van der Waals surface area contributed by atoms with E-state index in [0.717, 1.165) is 34.6 Å². The summed E-state index contributed by atoms with van der Waals surface area (Å²) in [5.74, 6) is 1.99. The summed E-state index contributed by atoms with van der Waals surface area (Å²) < 4.78 is 5.73. The Bertz CT molecular complexity index is 732. The molecule has 2 N–H and O–H groups in total. The number of aromatic hydroxyl groups is 1. The summed E-state index contributed by atoms with van der Waals surface area (Å²) >= 11 is 0. The van der Waals surface area contributed by atoms with E-state index in [-0.39, 0.29) is 5.75 Å². The van der Waals surface area contributed by atoms with Crippen LogP contribution in [0.25, 0.3) is 11.0 Å². The minimum atomic E-state index is 0.276. The van der Waals surface area contributed by atoms with Gasteiger partial charge >= 0.3 is 0 Å². The molecule has 0 saturated carbocycles. The van der Waals surface area contributed by atoms with Crippen molar-refractivity contribution in [3.05, 3.63) is 53.9 Å². The molecule has 0 saturated heterocycles. The summed E-state index contributed by atoms with van der Waals surface area (Å²) in [4.78, 5) is 7.96. The second-order valence-corrected chi connectivity index (χ2v) is 5.03. The van der Waals surface area contributed by atoms with Crippen LogP contribution < -0.4 is 4.74 Å². The van der Waals surface area contributed by atoms with Crippen molar-refractivity contribution in [2.75, 3.05) is 6.61 Å². The molecule has 0 bridgehead atoms. The molecule has 108 valence electrons. The van der Waals surface area contributed by atoms with Gasteiger partial charge in [0.15, 0.2) is 0 Å². The molecule has 0 aliphatic carbocycles. The number of nitrogens with zero attached hydrogens (tertiary/aromatic N) is 1. The van der Waals surface area contributed by atoms with Gasteiger partial charge in [0, 0.05) is 6.42 Å². The fourth-order valence-electron chi connectivity index (χ4n) is 2.28. The second kappa shape index (κ2) is 5.87. The number of aromatic nitrogens is 2. The predicted octanol–water partition coefficient (Wildman–Crippen LogP) is 3.65. The van der Waals surface area contributed by atoms with E-state index in [9.17, 15) is 5.11 Å². The maximum Gasteiger partial charge on any atom is 0.147 e. The molecule has 0 radical (unpaired) electrons. The zero-order chi connectivity index (χ0) is 14.7. The van der Waals surface area contributed by atoms with E-state index >= 15 is 0 Å². The number of nitrogens with one attached hydrogen (secondary N) is 1. The molecule has 0 aliphatic heterocycles. The van der Waals surface area contributed by atoms with Gasteiger partial charge < -0.3 is 14.8 Å². The number of H-pyrrole nitrogens is 1. The smallest absolute Gasteiger partial charge is 0.147 e. The van der Waals surface area contributed by atoms with E-state index in [0.29, 0.717) is 13.0 Å². The van der Waals surface area contributed by atoms with Crippen LogP contribution >= 0.6 is 0 Å². The molecular formula is C17H18N2O2. The van der Waals surface area contributed by atoms with Gasteiger partial charge in [-0.3, -0.25) is 0 Å². The standard InChI is InChI=1S/C17H18N2O2/c1-2-10-21-15-5-3-4-14-17(15)19-16(18-14)11-12-6-8-13(20)9-7-12/h3-9,20H,2,10-11H2,1H3,(H,18,19). The molecule has 0 fully saturated rings. The first-order valence-corrected chi connectivity index (χ1v) is 7.14. The van der Waals surface area contributed by atoms with E-state index in [1.807, 2.05) is 30.3 Å². The number of rotatable bonds is 5. The van der Waals surface area contributed by atoms with Gasteiger partial charge in [-0.05, 0) is 36.2 Å². The highest BCUT2D eigenvalue weighted by Gasteiger charge is 2.08. The van der Waals surface area contributed by atoms with Gasteiger partial charge in [0.05, 0.1) is 12.1 Å².